The Kier molecular flexibility index (Phi) is 7.13. The SMILES string of the molecule is CC1(C)OC[C@@H]([C@H]2[C@@H]3OC(C)(C)O[C@@H]3C[Se+]2C[C@H]2OC(c3ccccc3)OC[C@@H]2OS(=O)(=O)O)O1. The molecule has 12 heteroatoms. The summed E-state index contributed by atoms with van der Waals surface area (Å²) in [5.74, 6) is -1.36. The van der Waals surface area contributed by atoms with Crippen molar-refractivity contribution in [1.82, 2.24) is 0 Å². The second kappa shape index (κ2) is 9.59. The Morgan fingerprint density at radius 3 is 2.40 bits per heavy atom. The third-order valence-electron chi connectivity index (χ3n) is 6.53. The first-order chi connectivity index (χ1) is 16.4. The first-order valence-electron chi connectivity index (χ1n) is 11.7. The van der Waals surface area contributed by atoms with Gasteiger partial charge in [-0.3, -0.25) is 0 Å². The van der Waals surface area contributed by atoms with Crippen LogP contribution in [0.4, 0.5) is 0 Å². The average Bonchev–Trinajstić information content (AvgIpc) is 3.36. The molecule has 0 aromatic heterocycles. The van der Waals surface area contributed by atoms with Crippen LogP contribution in [-0.4, -0.2) is 82.2 Å². The molecule has 2 unspecified atom stereocenters. The molecule has 0 aliphatic carbocycles. The third kappa shape index (κ3) is 5.94. The van der Waals surface area contributed by atoms with Gasteiger partial charge in [-0.05, 0) is 0 Å². The van der Waals surface area contributed by atoms with Crippen LogP contribution in [-0.2, 0) is 43.0 Å². The molecule has 5 rings (SSSR count). The summed E-state index contributed by atoms with van der Waals surface area (Å²) in [4.78, 5) is 0.0663. The van der Waals surface area contributed by atoms with E-state index in [1.807, 2.05) is 58.0 Å². The molecule has 4 fully saturated rings. The molecule has 1 N–H and O–H groups in total. The van der Waals surface area contributed by atoms with E-state index in [9.17, 15) is 13.0 Å². The summed E-state index contributed by atoms with van der Waals surface area (Å²) in [7, 11) is -4.69. The van der Waals surface area contributed by atoms with Crippen molar-refractivity contribution >= 4 is 24.3 Å². The van der Waals surface area contributed by atoms with Crippen LogP contribution < -0.4 is 0 Å². The van der Waals surface area contributed by atoms with E-state index in [1.165, 1.54) is 0 Å². The normalized spacial score (nSPS) is 40.6. The molecule has 8 atom stereocenters. The molecule has 4 heterocycles. The van der Waals surface area contributed by atoms with E-state index in [0.717, 1.165) is 10.9 Å². The van der Waals surface area contributed by atoms with Crippen LogP contribution in [0, 0.1) is 0 Å². The second-order valence-electron chi connectivity index (χ2n) is 10.2. The van der Waals surface area contributed by atoms with Crippen LogP contribution in [0.15, 0.2) is 30.3 Å². The fourth-order valence-corrected chi connectivity index (χ4v) is 12.3. The molecule has 0 radical (unpaired) electrons. The van der Waals surface area contributed by atoms with Crippen molar-refractivity contribution in [2.75, 3.05) is 13.2 Å². The fourth-order valence-electron chi connectivity index (χ4n) is 5.23. The minimum absolute atomic E-state index is 0.0312. The van der Waals surface area contributed by atoms with Gasteiger partial charge in [0.1, 0.15) is 0 Å². The second-order valence-corrected chi connectivity index (χ2v) is 16.0. The fraction of sp³-hybridized carbons (Fsp3) is 0.739. The maximum absolute atomic E-state index is 11.6. The van der Waals surface area contributed by atoms with Gasteiger partial charge in [-0.15, -0.1) is 0 Å². The standard InChI is InChI=1S/C23H32O10SSe/c1-22(2)28-11-16(30-22)20-19-18(31-23(3,4)32-19)13-35(20)12-17-15(33-34(24,25)26)10-27-21(29-17)14-8-6-5-7-9-14/h5-9,15-21H,10-13H2,1-4H3/p+1/t15-,16-,17+,18+,19+,20-,21?,35?/m0/s1. The molecular formula is C23H33O10SSe+. The summed E-state index contributed by atoms with van der Waals surface area (Å²) >= 11 is -1.56. The van der Waals surface area contributed by atoms with Crippen molar-refractivity contribution in [3.63, 3.8) is 0 Å². The predicted molar refractivity (Wildman–Crippen MR) is 124 cm³/mol. The number of rotatable bonds is 6. The van der Waals surface area contributed by atoms with Crippen molar-refractivity contribution in [3.8, 4) is 0 Å². The first-order valence-corrected chi connectivity index (χ1v) is 16.5. The Labute approximate surface area is 210 Å². The molecule has 4 aliphatic heterocycles. The topological polar surface area (TPSA) is 119 Å². The van der Waals surface area contributed by atoms with Gasteiger partial charge in [0, 0.05) is 0 Å². The van der Waals surface area contributed by atoms with E-state index in [0.29, 0.717) is 11.9 Å². The van der Waals surface area contributed by atoms with Gasteiger partial charge in [0.25, 0.3) is 0 Å². The summed E-state index contributed by atoms with van der Waals surface area (Å²) in [6.45, 7) is 8.04. The number of benzene rings is 1. The molecule has 0 amide bonds. The van der Waals surface area contributed by atoms with E-state index in [1.54, 1.807) is 0 Å². The van der Waals surface area contributed by atoms with Crippen molar-refractivity contribution in [2.45, 2.75) is 91.5 Å². The van der Waals surface area contributed by atoms with Crippen molar-refractivity contribution in [2.24, 2.45) is 0 Å². The number of hydrogen-bond donors (Lipinski definition) is 1. The van der Waals surface area contributed by atoms with Crippen LogP contribution in [0.3, 0.4) is 0 Å². The zero-order chi connectivity index (χ0) is 25.0. The molecule has 196 valence electrons. The zero-order valence-corrected chi connectivity index (χ0v) is 22.7. The monoisotopic (exact) mass is 581 g/mol. The number of hydrogen-bond acceptors (Lipinski definition) is 9. The number of ether oxygens (including phenoxy) is 6. The molecule has 35 heavy (non-hydrogen) atoms. The van der Waals surface area contributed by atoms with Crippen molar-refractivity contribution < 1.29 is 45.6 Å². The van der Waals surface area contributed by atoms with Crippen LogP contribution in [0.2, 0.25) is 15.5 Å². The Balaban J connectivity index is 1.38. The van der Waals surface area contributed by atoms with E-state index >= 15 is 0 Å². The Bertz CT molecular complexity index is 1000. The van der Waals surface area contributed by atoms with E-state index in [2.05, 4.69) is 0 Å². The predicted octanol–water partition coefficient (Wildman–Crippen LogP) is 2.84. The van der Waals surface area contributed by atoms with Gasteiger partial charge >= 0.3 is 211 Å². The molecular weight excluding hydrogens is 547 g/mol. The van der Waals surface area contributed by atoms with Gasteiger partial charge < -0.3 is 0 Å². The van der Waals surface area contributed by atoms with E-state index in [4.69, 9.17) is 32.6 Å². The minimum atomic E-state index is -4.69. The van der Waals surface area contributed by atoms with Crippen LogP contribution in [0.5, 0.6) is 0 Å². The molecule has 0 bridgehead atoms. The van der Waals surface area contributed by atoms with Crippen LogP contribution in [0.25, 0.3) is 0 Å². The van der Waals surface area contributed by atoms with Gasteiger partial charge in [0.05, 0.1) is 0 Å². The molecule has 0 saturated carbocycles. The molecule has 4 saturated heterocycles. The molecule has 4 aliphatic rings. The summed E-state index contributed by atoms with van der Waals surface area (Å²) in [6, 6.07) is 9.44. The van der Waals surface area contributed by atoms with Crippen LogP contribution in [0.1, 0.15) is 39.5 Å². The van der Waals surface area contributed by atoms with Crippen LogP contribution >= 0.6 is 0 Å². The van der Waals surface area contributed by atoms with Crippen molar-refractivity contribution in [1.29, 1.82) is 0 Å². The number of fused-ring (bicyclic) bond motifs is 1. The summed E-state index contributed by atoms with van der Waals surface area (Å²) < 4.78 is 74.2. The van der Waals surface area contributed by atoms with Gasteiger partial charge in [0.15, 0.2) is 0 Å². The summed E-state index contributed by atoms with van der Waals surface area (Å²) in [5.41, 5.74) is 0.824. The summed E-state index contributed by atoms with van der Waals surface area (Å²) in [5, 5.41) is 1.38. The third-order valence-corrected chi connectivity index (χ3v) is 13.0. The molecule has 0 spiro atoms. The van der Waals surface area contributed by atoms with Gasteiger partial charge in [-0.25, -0.2) is 0 Å². The van der Waals surface area contributed by atoms with Gasteiger partial charge in [0.2, 0.25) is 0 Å². The first kappa shape index (κ1) is 26.0. The Hall–Kier alpha value is -0.631. The quantitative estimate of drug-likeness (QED) is 0.398. The molecule has 1 aromatic carbocycles. The maximum atomic E-state index is 11.6. The molecule has 10 nitrogen and oxygen atoms in total. The summed E-state index contributed by atoms with van der Waals surface area (Å²) in [6.07, 6.45) is -2.60. The van der Waals surface area contributed by atoms with Gasteiger partial charge in [-0.1, -0.05) is 0 Å². The Morgan fingerprint density at radius 1 is 1.03 bits per heavy atom. The average molecular weight is 581 g/mol. The van der Waals surface area contributed by atoms with E-state index in [-0.39, 0.29) is 29.7 Å². The van der Waals surface area contributed by atoms with Gasteiger partial charge in [-0.2, -0.15) is 0 Å². The molecule has 1 aromatic rings. The van der Waals surface area contributed by atoms with Crippen molar-refractivity contribution in [3.05, 3.63) is 35.9 Å². The Morgan fingerprint density at radius 2 is 1.74 bits per heavy atom. The zero-order valence-electron chi connectivity index (χ0n) is 20.2. The van der Waals surface area contributed by atoms with E-state index < -0.39 is 54.4 Å².